The van der Waals surface area contributed by atoms with Gasteiger partial charge in [-0.05, 0) is 23.6 Å². The number of aromatic amines is 1. The van der Waals surface area contributed by atoms with Gasteiger partial charge in [-0.25, -0.2) is 0 Å². The fourth-order valence-corrected chi connectivity index (χ4v) is 3.24. The molecule has 1 aromatic heterocycles. The van der Waals surface area contributed by atoms with Crippen molar-refractivity contribution in [3.05, 3.63) is 35.5 Å². The molecule has 2 aliphatic rings. The minimum absolute atomic E-state index is 0.0582. The maximum Gasteiger partial charge on any atom is 0.0993 e. The van der Waals surface area contributed by atoms with E-state index in [0.29, 0.717) is 6.04 Å². The van der Waals surface area contributed by atoms with Gasteiger partial charge in [0.1, 0.15) is 0 Å². The Morgan fingerprint density at radius 2 is 2.33 bits per heavy atom. The number of hydrogen-bond donors (Lipinski definition) is 3. The Balaban J connectivity index is 1.85. The van der Waals surface area contributed by atoms with Gasteiger partial charge in [0.25, 0.3) is 0 Å². The molecular weight excluding hydrogens is 228 g/mol. The van der Waals surface area contributed by atoms with Gasteiger partial charge in [0.2, 0.25) is 0 Å². The summed E-state index contributed by atoms with van der Waals surface area (Å²) in [4.78, 5) is 3.32. The number of hydrogen-bond acceptors (Lipinski definition) is 3. The summed E-state index contributed by atoms with van der Waals surface area (Å²) in [7, 11) is 0. The molecule has 1 aliphatic carbocycles. The van der Waals surface area contributed by atoms with E-state index in [-0.39, 0.29) is 18.8 Å². The first-order chi connectivity index (χ1) is 8.86. The van der Waals surface area contributed by atoms with Crippen molar-refractivity contribution < 1.29 is 9.84 Å². The number of aliphatic hydroxyl groups excluding tert-OH is 1. The Hall–Kier alpha value is -1.36. The number of rotatable bonds is 1. The minimum Gasteiger partial charge on any atom is -0.394 e. The van der Waals surface area contributed by atoms with E-state index >= 15 is 0 Å². The molecule has 0 amide bonds. The highest BCUT2D eigenvalue weighted by atomic mass is 16.5. The second-order valence-corrected chi connectivity index (χ2v) is 5.16. The molecule has 4 heteroatoms. The summed E-state index contributed by atoms with van der Waals surface area (Å²) in [5.74, 6) is 0. The fourth-order valence-electron chi connectivity index (χ4n) is 3.24. The van der Waals surface area contributed by atoms with Crippen molar-refractivity contribution in [2.45, 2.75) is 24.7 Å². The SMILES string of the molecule is OCC1CN[C@@H]2Cc3c[nH]c4cccc(c34)C2O1. The zero-order chi connectivity index (χ0) is 12.1. The average molecular weight is 244 g/mol. The van der Waals surface area contributed by atoms with E-state index in [4.69, 9.17) is 4.74 Å². The van der Waals surface area contributed by atoms with Crippen LogP contribution in [-0.2, 0) is 11.2 Å². The van der Waals surface area contributed by atoms with Gasteiger partial charge in [-0.15, -0.1) is 0 Å². The van der Waals surface area contributed by atoms with Crippen molar-refractivity contribution in [1.82, 2.24) is 10.3 Å². The van der Waals surface area contributed by atoms with Crippen molar-refractivity contribution in [2.75, 3.05) is 13.2 Å². The predicted molar refractivity (Wildman–Crippen MR) is 68.5 cm³/mol. The van der Waals surface area contributed by atoms with Gasteiger partial charge in [-0.3, -0.25) is 0 Å². The molecule has 0 spiro atoms. The first-order valence-corrected chi connectivity index (χ1v) is 6.45. The summed E-state index contributed by atoms with van der Waals surface area (Å²) in [6, 6.07) is 6.62. The zero-order valence-electron chi connectivity index (χ0n) is 10.0. The summed E-state index contributed by atoms with van der Waals surface area (Å²) in [6.07, 6.45) is 3.05. The molecule has 2 aromatic rings. The van der Waals surface area contributed by atoms with Crippen molar-refractivity contribution in [3.8, 4) is 0 Å². The molecule has 0 radical (unpaired) electrons. The van der Waals surface area contributed by atoms with Gasteiger partial charge < -0.3 is 20.1 Å². The van der Waals surface area contributed by atoms with Crippen LogP contribution < -0.4 is 5.32 Å². The van der Waals surface area contributed by atoms with Crippen LogP contribution in [0.1, 0.15) is 17.2 Å². The van der Waals surface area contributed by atoms with Gasteiger partial charge in [-0.2, -0.15) is 0 Å². The molecule has 2 heterocycles. The van der Waals surface area contributed by atoms with Gasteiger partial charge >= 0.3 is 0 Å². The molecule has 1 aliphatic heterocycles. The molecule has 1 fully saturated rings. The highest BCUT2D eigenvalue weighted by Crippen LogP contribution is 2.39. The first-order valence-electron chi connectivity index (χ1n) is 6.45. The molecule has 4 rings (SSSR count). The number of fused-ring (bicyclic) bond motifs is 2. The maximum absolute atomic E-state index is 9.26. The second-order valence-electron chi connectivity index (χ2n) is 5.16. The number of aromatic nitrogens is 1. The average Bonchev–Trinajstić information content (AvgIpc) is 2.83. The van der Waals surface area contributed by atoms with Crippen molar-refractivity contribution in [1.29, 1.82) is 0 Å². The van der Waals surface area contributed by atoms with Crippen LogP contribution in [0.5, 0.6) is 0 Å². The Morgan fingerprint density at radius 3 is 3.22 bits per heavy atom. The lowest BCUT2D eigenvalue weighted by Crippen LogP contribution is -2.51. The smallest absolute Gasteiger partial charge is 0.0993 e. The molecule has 3 N–H and O–H groups in total. The van der Waals surface area contributed by atoms with E-state index in [1.807, 2.05) is 0 Å². The predicted octanol–water partition coefficient (Wildman–Crippen LogP) is 1.11. The van der Waals surface area contributed by atoms with Crippen molar-refractivity contribution in [2.24, 2.45) is 0 Å². The van der Waals surface area contributed by atoms with Gasteiger partial charge in [0.15, 0.2) is 0 Å². The summed E-state index contributed by atoms with van der Waals surface area (Å²) in [5, 5.41) is 14.1. The second kappa shape index (κ2) is 3.82. The Bertz CT molecular complexity index is 592. The first kappa shape index (κ1) is 10.6. The summed E-state index contributed by atoms with van der Waals surface area (Å²) in [6.45, 7) is 0.805. The number of ether oxygens (including phenoxy) is 1. The molecule has 1 saturated heterocycles. The van der Waals surface area contributed by atoms with Crippen LogP contribution in [0.3, 0.4) is 0 Å². The third-order valence-electron chi connectivity index (χ3n) is 4.08. The van der Waals surface area contributed by atoms with Crippen LogP contribution in [0.25, 0.3) is 10.9 Å². The van der Waals surface area contributed by atoms with Crippen molar-refractivity contribution in [3.63, 3.8) is 0 Å². The monoisotopic (exact) mass is 244 g/mol. The van der Waals surface area contributed by atoms with Gasteiger partial charge in [0, 0.05) is 29.7 Å². The normalized spacial score (nSPS) is 30.4. The highest BCUT2D eigenvalue weighted by Gasteiger charge is 2.36. The van der Waals surface area contributed by atoms with Crippen LogP contribution in [-0.4, -0.2) is 35.4 Å². The Morgan fingerprint density at radius 1 is 1.39 bits per heavy atom. The number of morpholine rings is 1. The lowest BCUT2D eigenvalue weighted by Gasteiger charge is -2.40. The molecular formula is C14H16N2O2. The van der Waals surface area contributed by atoms with E-state index in [2.05, 4.69) is 34.7 Å². The minimum atomic E-state index is -0.0954. The van der Waals surface area contributed by atoms with Crippen LogP contribution in [0.2, 0.25) is 0 Å². The highest BCUT2D eigenvalue weighted by molar-refractivity contribution is 5.88. The molecule has 2 unspecified atom stereocenters. The Kier molecular flexibility index (Phi) is 2.24. The molecule has 18 heavy (non-hydrogen) atoms. The van der Waals surface area contributed by atoms with E-state index in [1.165, 1.54) is 22.0 Å². The molecule has 4 nitrogen and oxygen atoms in total. The van der Waals surface area contributed by atoms with Crippen LogP contribution in [0.4, 0.5) is 0 Å². The fraction of sp³-hybridized carbons (Fsp3) is 0.429. The van der Waals surface area contributed by atoms with Gasteiger partial charge in [-0.1, -0.05) is 12.1 Å². The molecule has 0 saturated carbocycles. The van der Waals surface area contributed by atoms with E-state index in [1.54, 1.807) is 0 Å². The van der Waals surface area contributed by atoms with Crippen molar-refractivity contribution >= 4 is 10.9 Å². The lowest BCUT2D eigenvalue weighted by molar-refractivity contribution is -0.0850. The number of benzene rings is 1. The zero-order valence-corrected chi connectivity index (χ0v) is 10.0. The van der Waals surface area contributed by atoms with Crippen LogP contribution >= 0.6 is 0 Å². The topological polar surface area (TPSA) is 57.3 Å². The standard InChI is InChI=1S/C14H16N2O2/c17-7-9-6-16-12-4-8-5-15-11-3-1-2-10(13(8)11)14(12)18-9/h1-3,5,9,12,14-17H,4,6-7H2/t9?,12-,14?/m1/s1. The van der Waals surface area contributed by atoms with Crippen LogP contribution in [0, 0.1) is 0 Å². The van der Waals surface area contributed by atoms with E-state index in [9.17, 15) is 5.11 Å². The third-order valence-corrected chi connectivity index (χ3v) is 4.08. The number of H-pyrrole nitrogens is 1. The summed E-state index contributed by atoms with van der Waals surface area (Å²) >= 11 is 0. The maximum atomic E-state index is 9.26. The summed E-state index contributed by atoms with van der Waals surface area (Å²) in [5.41, 5.74) is 3.78. The van der Waals surface area contributed by atoms with Gasteiger partial charge in [0.05, 0.1) is 18.8 Å². The largest absolute Gasteiger partial charge is 0.394 e. The number of aliphatic hydroxyl groups is 1. The van der Waals surface area contributed by atoms with E-state index < -0.39 is 0 Å². The van der Waals surface area contributed by atoms with Crippen LogP contribution in [0.15, 0.2) is 24.4 Å². The van der Waals surface area contributed by atoms with E-state index in [0.717, 1.165) is 13.0 Å². The molecule has 1 aromatic carbocycles. The summed E-state index contributed by atoms with van der Waals surface area (Å²) < 4.78 is 6.03. The Labute approximate surface area is 105 Å². The molecule has 3 atom stereocenters. The molecule has 94 valence electrons. The molecule has 0 bridgehead atoms. The number of nitrogens with one attached hydrogen (secondary N) is 2. The quantitative estimate of drug-likeness (QED) is 0.704. The third kappa shape index (κ3) is 1.37. The lowest BCUT2D eigenvalue weighted by atomic mass is 9.85.